The Bertz CT molecular complexity index is 826. The van der Waals surface area contributed by atoms with E-state index in [4.69, 9.17) is 11.6 Å². The highest BCUT2D eigenvalue weighted by atomic mass is 79.9. The first-order valence-electron chi connectivity index (χ1n) is 6.57. The van der Waals surface area contributed by atoms with Crippen LogP contribution >= 0.6 is 43.5 Å². The second-order valence-electron chi connectivity index (χ2n) is 5.04. The van der Waals surface area contributed by atoms with E-state index in [0.717, 1.165) is 14.6 Å². The molecular weight excluding hydrogens is 433 g/mol. The Balaban J connectivity index is 2.10. The average Bonchev–Trinajstić information content (AvgIpc) is 2.81. The third kappa shape index (κ3) is 3.11. The highest BCUT2D eigenvalue weighted by Crippen LogP contribution is 2.29. The van der Waals surface area contributed by atoms with Gasteiger partial charge in [-0.25, -0.2) is 4.98 Å². The number of benzene rings is 1. The van der Waals surface area contributed by atoms with Gasteiger partial charge in [-0.3, -0.25) is 0 Å². The second kappa shape index (κ2) is 6.14. The Morgan fingerprint density at radius 3 is 2.45 bits per heavy atom. The number of hydrogen-bond donors (Lipinski definition) is 1. The van der Waals surface area contributed by atoms with E-state index >= 15 is 0 Å². The molecule has 0 unspecified atom stereocenters. The molecule has 3 aromatic rings. The van der Waals surface area contributed by atoms with Gasteiger partial charge < -0.3 is 9.88 Å². The van der Waals surface area contributed by atoms with Gasteiger partial charge in [0.05, 0.1) is 6.33 Å². The molecule has 0 aliphatic heterocycles. The van der Waals surface area contributed by atoms with Crippen molar-refractivity contribution in [3.8, 4) is 0 Å². The van der Waals surface area contributed by atoms with Crippen LogP contribution in [0.4, 0.5) is 11.5 Å². The molecular formula is C14H12Br2ClN5. The average molecular weight is 446 g/mol. The molecule has 5 nitrogen and oxygen atoms in total. The lowest BCUT2D eigenvalue weighted by Crippen LogP contribution is -2.02. The number of imidazole rings is 1. The van der Waals surface area contributed by atoms with Crippen LogP contribution in [0.15, 0.2) is 33.5 Å². The van der Waals surface area contributed by atoms with Gasteiger partial charge in [0.1, 0.15) is 0 Å². The van der Waals surface area contributed by atoms with Crippen LogP contribution < -0.4 is 5.32 Å². The molecule has 0 bridgehead atoms. The number of halogens is 3. The molecule has 1 N–H and O–H groups in total. The molecule has 22 heavy (non-hydrogen) atoms. The number of aromatic nitrogens is 4. The minimum atomic E-state index is 0.187. The Hall–Kier alpha value is -1.18. The molecule has 114 valence electrons. The fourth-order valence-electron chi connectivity index (χ4n) is 2.12. The van der Waals surface area contributed by atoms with Gasteiger partial charge in [0.25, 0.3) is 0 Å². The van der Waals surface area contributed by atoms with Crippen LogP contribution in [0.1, 0.15) is 19.9 Å². The zero-order valence-electron chi connectivity index (χ0n) is 11.8. The van der Waals surface area contributed by atoms with Crippen molar-refractivity contribution in [2.75, 3.05) is 5.32 Å². The van der Waals surface area contributed by atoms with Crippen molar-refractivity contribution < 1.29 is 0 Å². The zero-order chi connectivity index (χ0) is 15.9. The van der Waals surface area contributed by atoms with Crippen LogP contribution in [0.2, 0.25) is 5.28 Å². The smallest absolute Gasteiger partial charge is 0.226 e. The van der Waals surface area contributed by atoms with E-state index in [9.17, 15) is 0 Å². The van der Waals surface area contributed by atoms with Crippen molar-refractivity contribution in [2.45, 2.75) is 19.9 Å². The first-order valence-corrected chi connectivity index (χ1v) is 8.53. The molecule has 0 saturated carbocycles. The lowest BCUT2D eigenvalue weighted by molar-refractivity contribution is 0.612. The van der Waals surface area contributed by atoms with Crippen LogP contribution in [-0.2, 0) is 0 Å². The summed E-state index contributed by atoms with van der Waals surface area (Å²) in [7, 11) is 0. The summed E-state index contributed by atoms with van der Waals surface area (Å²) in [5.41, 5.74) is 2.28. The van der Waals surface area contributed by atoms with Crippen molar-refractivity contribution in [3.05, 3.63) is 38.8 Å². The maximum atomic E-state index is 6.06. The van der Waals surface area contributed by atoms with E-state index in [-0.39, 0.29) is 11.3 Å². The molecule has 0 aliphatic rings. The van der Waals surface area contributed by atoms with Gasteiger partial charge in [-0.05, 0) is 43.6 Å². The highest BCUT2D eigenvalue weighted by Gasteiger charge is 2.14. The van der Waals surface area contributed by atoms with Crippen molar-refractivity contribution in [1.29, 1.82) is 0 Å². The van der Waals surface area contributed by atoms with Crippen LogP contribution in [0.3, 0.4) is 0 Å². The van der Waals surface area contributed by atoms with E-state index in [1.807, 2.05) is 22.8 Å². The third-order valence-electron chi connectivity index (χ3n) is 3.08. The summed E-state index contributed by atoms with van der Waals surface area (Å²) < 4.78 is 3.87. The van der Waals surface area contributed by atoms with Crippen molar-refractivity contribution in [2.24, 2.45) is 0 Å². The van der Waals surface area contributed by atoms with Gasteiger partial charge in [-0.1, -0.05) is 31.9 Å². The van der Waals surface area contributed by atoms with Gasteiger partial charge in [-0.2, -0.15) is 9.97 Å². The number of nitrogens with one attached hydrogen (secondary N) is 1. The van der Waals surface area contributed by atoms with Gasteiger partial charge >= 0.3 is 0 Å². The van der Waals surface area contributed by atoms with E-state index in [1.54, 1.807) is 6.33 Å². The summed E-state index contributed by atoms with van der Waals surface area (Å²) >= 11 is 13.0. The lowest BCUT2D eigenvalue weighted by atomic mass is 10.3. The third-order valence-corrected chi connectivity index (χ3v) is 4.16. The van der Waals surface area contributed by atoms with Gasteiger partial charge in [0.2, 0.25) is 5.28 Å². The van der Waals surface area contributed by atoms with E-state index in [1.165, 1.54) is 0 Å². The number of anilines is 2. The number of hydrogen-bond acceptors (Lipinski definition) is 4. The van der Waals surface area contributed by atoms with Crippen LogP contribution in [0.25, 0.3) is 11.2 Å². The topological polar surface area (TPSA) is 55.6 Å². The van der Waals surface area contributed by atoms with Gasteiger partial charge in [0, 0.05) is 20.7 Å². The molecule has 1 aromatic carbocycles. The summed E-state index contributed by atoms with van der Waals surface area (Å²) in [6.45, 7) is 4.13. The highest BCUT2D eigenvalue weighted by molar-refractivity contribution is 9.11. The van der Waals surface area contributed by atoms with Crippen LogP contribution in [0.5, 0.6) is 0 Å². The first-order chi connectivity index (χ1) is 10.4. The molecule has 0 spiro atoms. The molecule has 2 heterocycles. The molecule has 0 saturated heterocycles. The molecule has 0 amide bonds. The summed E-state index contributed by atoms with van der Waals surface area (Å²) in [5, 5.41) is 3.44. The number of fused-ring (bicyclic) bond motifs is 1. The summed E-state index contributed by atoms with van der Waals surface area (Å²) in [6.07, 6.45) is 1.75. The summed E-state index contributed by atoms with van der Waals surface area (Å²) in [4.78, 5) is 13.0. The molecule has 0 fully saturated rings. The second-order valence-corrected chi connectivity index (χ2v) is 7.21. The van der Waals surface area contributed by atoms with Crippen molar-refractivity contribution >= 4 is 66.1 Å². The van der Waals surface area contributed by atoms with E-state index in [0.29, 0.717) is 17.0 Å². The quantitative estimate of drug-likeness (QED) is 0.554. The Morgan fingerprint density at radius 2 is 1.82 bits per heavy atom. The SMILES string of the molecule is CC(C)n1cnc2c(Nc3cc(Br)cc(Br)c3)nc(Cl)nc21. The monoisotopic (exact) mass is 443 g/mol. The maximum absolute atomic E-state index is 6.06. The lowest BCUT2D eigenvalue weighted by Gasteiger charge is -2.10. The van der Waals surface area contributed by atoms with Crippen molar-refractivity contribution in [1.82, 2.24) is 19.5 Å². The maximum Gasteiger partial charge on any atom is 0.226 e. The predicted molar refractivity (Wildman–Crippen MR) is 95.8 cm³/mol. The van der Waals surface area contributed by atoms with Crippen molar-refractivity contribution in [3.63, 3.8) is 0 Å². The fraction of sp³-hybridized carbons (Fsp3) is 0.214. The van der Waals surface area contributed by atoms with Crippen LogP contribution in [-0.4, -0.2) is 19.5 Å². The normalized spacial score (nSPS) is 11.4. The largest absolute Gasteiger partial charge is 0.338 e. The minimum absolute atomic E-state index is 0.187. The number of nitrogens with zero attached hydrogens (tertiary/aromatic N) is 4. The molecule has 0 aliphatic carbocycles. The Morgan fingerprint density at radius 1 is 1.14 bits per heavy atom. The van der Waals surface area contributed by atoms with E-state index in [2.05, 4.69) is 66.0 Å². The summed E-state index contributed by atoms with van der Waals surface area (Å²) in [6, 6.07) is 6.10. The molecule has 3 rings (SSSR count). The fourth-order valence-corrected chi connectivity index (χ4v) is 3.58. The predicted octanol–water partition coefficient (Wildman–Crippen LogP) is 5.33. The minimum Gasteiger partial charge on any atom is -0.338 e. The molecule has 0 atom stereocenters. The van der Waals surface area contributed by atoms with Crippen LogP contribution in [0, 0.1) is 0 Å². The van der Waals surface area contributed by atoms with Gasteiger partial charge in [-0.15, -0.1) is 0 Å². The number of rotatable bonds is 3. The molecule has 2 aromatic heterocycles. The Labute approximate surface area is 149 Å². The Kier molecular flexibility index (Phi) is 4.38. The zero-order valence-corrected chi connectivity index (χ0v) is 15.7. The molecule has 8 heteroatoms. The standard InChI is InChI=1S/C14H12Br2ClN5/c1-7(2)22-6-18-11-12(20-14(17)21-13(11)22)19-10-4-8(15)3-9(16)5-10/h3-7H,1-2H3,(H,19,20,21). The first kappa shape index (κ1) is 15.7. The van der Waals surface area contributed by atoms with E-state index < -0.39 is 0 Å². The molecule has 0 radical (unpaired) electrons. The summed E-state index contributed by atoms with van der Waals surface area (Å²) in [5.74, 6) is 0.583. The van der Waals surface area contributed by atoms with Gasteiger partial charge in [0.15, 0.2) is 17.0 Å².